The number of aromatic nitrogens is 4. The Bertz CT molecular complexity index is 1570. The monoisotopic (exact) mass is 608 g/mol. The Morgan fingerprint density at radius 2 is 2.00 bits per heavy atom. The molecule has 1 atom stereocenters. The fraction of sp³-hybridized carbons (Fsp3) is 0.310. The molecule has 9 nitrogen and oxygen atoms in total. The predicted octanol–water partition coefficient (Wildman–Crippen LogP) is 5.24. The Morgan fingerprint density at radius 1 is 1.17 bits per heavy atom. The van der Waals surface area contributed by atoms with Gasteiger partial charge >= 0.3 is 0 Å². The summed E-state index contributed by atoms with van der Waals surface area (Å²) in [6.45, 7) is 1.55. The number of hydrogen-bond donors (Lipinski definition) is 2. The molecular formula is C29H32N6O3S3. The molecule has 12 heteroatoms. The van der Waals surface area contributed by atoms with Crippen LogP contribution in [0.2, 0.25) is 0 Å². The molecule has 0 bridgehead atoms. The predicted molar refractivity (Wildman–Crippen MR) is 166 cm³/mol. The third kappa shape index (κ3) is 8.35. The second kappa shape index (κ2) is 14.0. The number of thioether (sulfide) groups is 1. The second-order valence-electron chi connectivity index (χ2n) is 9.76. The Kier molecular flexibility index (Phi) is 9.99. The van der Waals surface area contributed by atoms with E-state index in [0.717, 1.165) is 45.4 Å². The highest BCUT2D eigenvalue weighted by Gasteiger charge is 2.23. The van der Waals surface area contributed by atoms with Crippen LogP contribution in [0.15, 0.2) is 75.6 Å². The molecule has 0 saturated heterocycles. The Labute approximate surface area is 252 Å². The number of ether oxygens (including phenoxy) is 1. The number of rotatable bonds is 14. The Balaban J connectivity index is 1.16. The van der Waals surface area contributed by atoms with Gasteiger partial charge in [-0.1, -0.05) is 35.5 Å². The van der Waals surface area contributed by atoms with Crippen molar-refractivity contribution in [1.82, 2.24) is 30.2 Å². The second-order valence-corrected chi connectivity index (χ2v) is 12.6. The van der Waals surface area contributed by atoms with E-state index in [1.54, 1.807) is 22.6 Å². The SMILES string of the molecule is CN(C)Cc1ccc(CSCCNC(=O)[C@H](Cc2ccccc2)n2cc(COc3ccc4nc(S)sc4c3)nn2)o1. The van der Waals surface area contributed by atoms with Crippen molar-refractivity contribution in [3.63, 3.8) is 0 Å². The topological polar surface area (TPSA) is 98.3 Å². The lowest BCUT2D eigenvalue weighted by Gasteiger charge is -2.17. The van der Waals surface area contributed by atoms with Crippen LogP contribution in [0.5, 0.6) is 5.75 Å². The zero-order chi connectivity index (χ0) is 28.6. The largest absolute Gasteiger partial charge is 0.487 e. The maximum atomic E-state index is 13.3. The minimum absolute atomic E-state index is 0.101. The highest BCUT2D eigenvalue weighted by Crippen LogP contribution is 2.28. The number of furan rings is 1. The van der Waals surface area contributed by atoms with Crippen molar-refractivity contribution in [2.24, 2.45) is 0 Å². The van der Waals surface area contributed by atoms with Gasteiger partial charge in [0.1, 0.15) is 40.0 Å². The quantitative estimate of drug-likeness (QED) is 0.130. The lowest BCUT2D eigenvalue weighted by Crippen LogP contribution is -2.35. The summed E-state index contributed by atoms with van der Waals surface area (Å²) < 4.78 is 15.2. The van der Waals surface area contributed by atoms with E-state index in [0.29, 0.717) is 28.7 Å². The lowest BCUT2D eigenvalue weighted by molar-refractivity contribution is -0.124. The van der Waals surface area contributed by atoms with E-state index in [2.05, 4.69) is 38.1 Å². The highest BCUT2D eigenvalue weighted by atomic mass is 32.2. The number of fused-ring (bicyclic) bond motifs is 1. The van der Waals surface area contributed by atoms with Gasteiger partial charge in [0.15, 0.2) is 0 Å². The zero-order valence-electron chi connectivity index (χ0n) is 22.9. The zero-order valence-corrected chi connectivity index (χ0v) is 25.4. The van der Waals surface area contributed by atoms with Crippen molar-refractivity contribution >= 4 is 51.9 Å². The van der Waals surface area contributed by atoms with Crippen LogP contribution in [0.25, 0.3) is 10.2 Å². The summed E-state index contributed by atoms with van der Waals surface area (Å²) in [4.78, 5) is 19.8. The van der Waals surface area contributed by atoms with Gasteiger partial charge in [-0.25, -0.2) is 9.67 Å². The van der Waals surface area contributed by atoms with Crippen LogP contribution in [0.3, 0.4) is 0 Å². The molecule has 0 aliphatic heterocycles. The van der Waals surface area contributed by atoms with Crippen LogP contribution in [-0.4, -0.2) is 57.2 Å². The summed E-state index contributed by atoms with van der Waals surface area (Å²) >= 11 is 7.54. The fourth-order valence-corrected chi connectivity index (χ4v) is 6.13. The molecule has 0 fully saturated rings. The van der Waals surface area contributed by atoms with Crippen molar-refractivity contribution in [3.8, 4) is 5.75 Å². The molecule has 1 N–H and O–H groups in total. The molecular weight excluding hydrogens is 577 g/mol. The number of hydrogen-bond acceptors (Lipinski definition) is 10. The first-order valence-electron chi connectivity index (χ1n) is 13.2. The number of thiol groups is 1. The average molecular weight is 609 g/mol. The molecule has 0 unspecified atom stereocenters. The van der Waals surface area contributed by atoms with Crippen molar-refractivity contribution in [2.45, 2.75) is 35.7 Å². The number of nitrogens with zero attached hydrogens (tertiary/aromatic N) is 5. The molecule has 0 aliphatic carbocycles. The van der Waals surface area contributed by atoms with Gasteiger partial charge in [0.05, 0.1) is 28.7 Å². The molecule has 0 spiro atoms. The van der Waals surface area contributed by atoms with Crippen molar-refractivity contribution < 1.29 is 13.9 Å². The maximum absolute atomic E-state index is 13.3. The molecule has 3 heterocycles. The van der Waals surface area contributed by atoms with Crippen LogP contribution in [0.4, 0.5) is 0 Å². The number of carbonyl (C=O) groups is 1. The maximum Gasteiger partial charge on any atom is 0.245 e. The van der Waals surface area contributed by atoms with E-state index in [1.165, 1.54) is 11.3 Å². The minimum atomic E-state index is -0.537. The third-order valence-corrected chi connectivity index (χ3v) is 8.34. The molecule has 3 aromatic heterocycles. The van der Waals surface area contributed by atoms with Gasteiger partial charge < -0.3 is 19.4 Å². The Morgan fingerprint density at radius 3 is 2.83 bits per heavy atom. The van der Waals surface area contributed by atoms with Crippen molar-refractivity contribution in [1.29, 1.82) is 0 Å². The summed E-state index contributed by atoms with van der Waals surface area (Å²) in [5.74, 6) is 4.03. The summed E-state index contributed by atoms with van der Waals surface area (Å²) in [6, 6.07) is 19.1. The van der Waals surface area contributed by atoms with Gasteiger partial charge in [0, 0.05) is 18.7 Å². The minimum Gasteiger partial charge on any atom is -0.487 e. The van der Waals surface area contributed by atoms with Crippen molar-refractivity contribution in [3.05, 3.63) is 89.6 Å². The van der Waals surface area contributed by atoms with Gasteiger partial charge in [0.2, 0.25) is 5.91 Å². The Hall–Kier alpha value is -3.32. The summed E-state index contributed by atoms with van der Waals surface area (Å²) in [7, 11) is 4.03. The molecule has 1 amide bonds. The highest BCUT2D eigenvalue weighted by molar-refractivity contribution is 7.98. The van der Waals surface area contributed by atoms with Gasteiger partial charge in [-0.2, -0.15) is 11.8 Å². The molecule has 0 radical (unpaired) electrons. The van der Waals surface area contributed by atoms with Crippen LogP contribution in [0.1, 0.15) is 28.8 Å². The first-order chi connectivity index (χ1) is 19.9. The van der Waals surface area contributed by atoms with E-state index in [9.17, 15) is 4.79 Å². The van der Waals surface area contributed by atoms with Gasteiger partial charge in [-0.3, -0.25) is 4.79 Å². The average Bonchev–Trinajstić information content (AvgIpc) is 3.69. The van der Waals surface area contributed by atoms with Gasteiger partial charge in [-0.15, -0.1) is 29.1 Å². The van der Waals surface area contributed by atoms with E-state index in [4.69, 9.17) is 9.15 Å². The van der Waals surface area contributed by atoms with Crippen LogP contribution in [0, 0.1) is 0 Å². The number of benzene rings is 2. The molecule has 214 valence electrons. The molecule has 0 saturated carbocycles. The van der Waals surface area contributed by atoms with E-state index >= 15 is 0 Å². The lowest BCUT2D eigenvalue weighted by atomic mass is 10.1. The first-order valence-corrected chi connectivity index (χ1v) is 15.6. The number of carbonyl (C=O) groups excluding carboxylic acids is 1. The first kappa shape index (κ1) is 29.2. The van der Waals surface area contributed by atoms with Crippen LogP contribution < -0.4 is 10.1 Å². The van der Waals surface area contributed by atoms with E-state index in [-0.39, 0.29) is 12.5 Å². The molecule has 2 aromatic carbocycles. The van der Waals surface area contributed by atoms with Gasteiger partial charge in [0.25, 0.3) is 0 Å². The van der Waals surface area contributed by atoms with Crippen LogP contribution in [-0.2, 0) is 30.1 Å². The van der Waals surface area contributed by atoms with E-state index in [1.807, 2.05) is 74.8 Å². The van der Waals surface area contributed by atoms with Crippen molar-refractivity contribution in [2.75, 3.05) is 26.4 Å². The number of amides is 1. The summed E-state index contributed by atoms with van der Waals surface area (Å²) in [5.41, 5.74) is 2.57. The molecule has 5 rings (SSSR count). The van der Waals surface area contributed by atoms with Gasteiger partial charge in [-0.05, 0) is 50.0 Å². The molecule has 5 aromatic rings. The fourth-order valence-electron chi connectivity index (χ4n) is 4.25. The number of thiazole rings is 1. The smallest absolute Gasteiger partial charge is 0.245 e. The standard InChI is InChI=1S/C29H32N6O3S3/c1-34(2)17-23-8-9-24(38-23)19-40-13-12-30-28(36)26(14-20-6-4-3-5-7-20)35-16-21(32-33-35)18-37-22-10-11-25-27(15-22)41-29(39)31-25/h3-11,15-16,26H,12-14,17-19H2,1-2H3,(H,30,36)(H,31,39)/t26-/m0/s1. The van der Waals surface area contributed by atoms with E-state index < -0.39 is 6.04 Å². The number of nitrogens with one attached hydrogen (secondary N) is 1. The summed E-state index contributed by atoms with van der Waals surface area (Å²) in [5, 5.41) is 11.6. The normalized spacial score (nSPS) is 12.2. The molecule has 41 heavy (non-hydrogen) atoms. The molecule has 0 aliphatic rings. The van der Waals surface area contributed by atoms with Crippen LogP contribution >= 0.6 is 35.7 Å². The third-order valence-electron chi connectivity index (χ3n) is 6.17. The summed E-state index contributed by atoms with van der Waals surface area (Å²) in [6.07, 6.45) is 2.28.